The van der Waals surface area contributed by atoms with Crippen LogP contribution in [0.2, 0.25) is 0 Å². The van der Waals surface area contributed by atoms with E-state index in [1.807, 2.05) is 0 Å². The van der Waals surface area contributed by atoms with E-state index in [0.717, 1.165) is 18.3 Å². The molecule has 1 amide bonds. The van der Waals surface area contributed by atoms with Crippen molar-refractivity contribution in [3.63, 3.8) is 0 Å². The summed E-state index contributed by atoms with van der Waals surface area (Å²) in [5, 5.41) is 22.3. The van der Waals surface area contributed by atoms with Crippen molar-refractivity contribution in [1.29, 1.82) is 5.26 Å². The molecule has 0 saturated heterocycles. The number of carboxylic acid groups (broad SMARTS) is 1. The zero-order valence-electron chi connectivity index (χ0n) is 10.6. The van der Waals surface area contributed by atoms with Crippen LogP contribution in [-0.4, -0.2) is 23.0 Å². The number of benzene rings is 1. The average molecular weight is 277 g/mol. The molecule has 1 rings (SSSR count). The fraction of sp³-hybridized carbons (Fsp3) is 0.154. The fourth-order valence-corrected chi connectivity index (χ4v) is 1.16. The first-order valence-electron chi connectivity index (χ1n) is 5.60. The number of rotatable bonds is 5. The Morgan fingerprint density at radius 2 is 2.00 bits per heavy atom. The van der Waals surface area contributed by atoms with E-state index in [4.69, 9.17) is 10.4 Å². The molecule has 7 heteroatoms. The highest BCUT2D eigenvalue weighted by Gasteiger charge is 2.12. The molecule has 0 aromatic heterocycles. The Bertz CT molecular complexity index is 576. The van der Waals surface area contributed by atoms with Gasteiger partial charge in [-0.25, -0.2) is 4.39 Å². The molecule has 20 heavy (non-hydrogen) atoms. The molecule has 0 aliphatic carbocycles. The zero-order valence-corrected chi connectivity index (χ0v) is 10.6. The molecule has 0 radical (unpaired) electrons. The lowest BCUT2D eigenvalue weighted by Gasteiger charge is -2.07. The van der Waals surface area contributed by atoms with Gasteiger partial charge < -0.3 is 15.7 Å². The van der Waals surface area contributed by atoms with E-state index in [2.05, 4.69) is 10.6 Å². The Kier molecular flexibility index (Phi) is 5.23. The molecular weight excluding hydrogens is 265 g/mol. The van der Waals surface area contributed by atoms with Crippen LogP contribution in [-0.2, 0) is 9.59 Å². The second-order valence-corrected chi connectivity index (χ2v) is 3.86. The van der Waals surface area contributed by atoms with Gasteiger partial charge in [0.05, 0.1) is 0 Å². The number of halogens is 1. The summed E-state index contributed by atoms with van der Waals surface area (Å²) in [6, 6.07) is 5.73. The Hall–Kier alpha value is -2.88. The lowest BCUT2D eigenvalue weighted by molar-refractivity contribution is -0.138. The van der Waals surface area contributed by atoms with Crippen LogP contribution in [0.1, 0.15) is 6.92 Å². The lowest BCUT2D eigenvalue weighted by Crippen LogP contribution is -2.30. The Morgan fingerprint density at radius 1 is 1.40 bits per heavy atom. The van der Waals surface area contributed by atoms with Crippen molar-refractivity contribution >= 4 is 17.6 Å². The molecule has 0 aliphatic heterocycles. The number of hydrogen-bond donors (Lipinski definition) is 3. The van der Waals surface area contributed by atoms with Crippen molar-refractivity contribution in [1.82, 2.24) is 5.32 Å². The summed E-state index contributed by atoms with van der Waals surface area (Å²) in [5.41, 5.74) is 0.0336. The molecule has 0 spiro atoms. The maximum Gasteiger partial charge on any atom is 0.325 e. The van der Waals surface area contributed by atoms with Crippen LogP contribution >= 0.6 is 0 Å². The van der Waals surface area contributed by atoms with Crippen LogP contribution in [0.5, 0.6) is 0 Å². The third-order valence-electron chi connectivity index (χ3n) is 2.32. The first-order valence-corrected chi connectivity index (χ1v) is 5.60. The van der Waals surface area contributed by atoms with Gasteiger partial charge in [0.15, 0.2) is 0 Å². The van der Waals surface area contributed by atoms with Crippen molar-refractivity contribution in [3.8, 4) is 6.07 Å². The number of hydrogen-bond acceptors (Lipinski definition) is 4. The van der Waals surface area contributed by atoms with Crippen LogP contribution < -0.4 is 10.6 Å². The number of nitrogens with zero attached hydrogens (tertiary/aromatic N) is 1. The van der Waals surface area contributed by atoms with Crippen molar-refractivity contribution in [2.24, 2.45) is 0 Å². The summed E-state index contributed by atoms with van der Waals surface area (Å²) < 4.78 is 12.7. The molecule has 0 heterocycles. The van der Waals surface area contributed by atoms with Crippen molar-refractivity contribution in [2.75, 3.05) is 5.32 Å². The van der Waals surface area contributed by atoms with Gasteiger partial charge in [-0.05, 0) is 31.2 Å². The van der Waals surface area contributed by atoms with E-state index < -0.39 is 23.7 Å². The topological polar surface area (TPSA) is 102 Å². The van der Waals surface area contributed by atoms with Gasteiger partial charge in [-0.1, -0.05) is 0 Å². The summed E-state index contributed by atoms with van der Waals surface area (Å²) in [5.74, 6) is -2.28. The molecule has 1 unspecified atom stereocenters. The van der Waals surface area contributed by atoms with Gasteiger partial charge in [-0.2, -0.15) is 5.26 Å². The number of aliphatic carboxylic acids is 1. The van der Waals surface area contributed by atoms with Crippen molar-refractivity contribution in [3.05, 3.63) is 41.9 Å². The average Bonchev–Trinajstić information content (AvgIpc) is 2.41. The first kappa shape index (κ1) is 15.2. The second-order valence-electron chi connectivity index (χ2n) is 3.86. The standard InChI is InChI=1S/C13H12FN3O3/c1-8(13(19)20)16-7-9(6-15)12(18)17-11-4-2-10(14)3-5-11/h2-5,7-8,16H,1H3,(H,17,18)(H,19,20)/b9-7-. The smallest absolute Gasteiger partial charge is 0.325 e. The molecule has 1 atom stereocenters. The molecule has 104 valence electrons. The van der Waals surface area contributed by atoms with E-state index in [0.29, 0.717) is 5.69 Å². The zero-order chi connectivity index (χ0) is 15.1. The van der Waals surface area contributed by atoms with Crippen molar-refractivity contribution < 1.29 is 19.1 Å². The third kappa shape index (κ3) is 4.42. The first-order chi connectivity index (χ1) is 9.43. The number of nitrogens with one attached hydrogen (secondary N) is 2. The summed E-state index contributed by atoms with van der Waals surface area (Å²) in [6.07, 6.45) is 1.03. The SMILES string of the molecule is CC(N/C=C(/C#N)C(=O)Nc1ccc(F)cc1)C(=O)O. The minimum absolute atomic E-state index is 0.289. The Morgan fingerprint density at radius 3 is 2.50 bits per heavy atom. The lowest BCUT2D eigenvalue weighted by atomic mass is 10.2. The largest absolute Gasteiger partial charge is 0.480 e. The highest BCUT2D eigenvalue weighted by molar-refractivity contribution is 6.06. The normalized spacial score (nSPS) is 12.2. The molecule has 0 bridgehead atoms. The maximum atomic E-state index is 12.7. The van der Waals surface area contributed by atoms with E-state index in [9.17, 15) is 14.0 Å². The summed E-state index contributed by atoms with van der Waals surface area (Å²) in [4.78, 5) is 22.3. The van der Waals surface area contributed by atoms with E-state index in [-0.39, 0.29) is 5.57 Å². The van der Waals surface area contributed by atoms with Crippen LogP contribution in [0.4, 0.5) is 10.1 Å². The van der Waals surface area contributed by atoms with Gasteiger partial charge in [0.25, 0.3) is 5.91 Å². The Labute approximate surface area is 114 Å². The molecular formula is C13H12FN3O3. The van der Waals surface area contributed by atoms with Crippen LogP contribution in [0, 0.1) is 17.1 Å². The van der Waals surface area contributed by atoms with E-state index in [1.54, 1.807) is 6.07 Å². The van der Waals surface area contributed by atoms with Crippen LogP contribution in [0.15, 0.2) is 36.0 Å². The number of amides is 1. The quantitative estimate of drug-likeness (QED) is 0.555. The minimum atomic E-state index is -1.11. The van der Waals surface area contributed by atoms with Gasteiger partial charge in [-0.3, -0.25) is 9.59 Å². The highest BCUT2D eigenvalue weighted by Crippen LogP contribution is 2.09. The molecule has 0 aliphatic rings. The number of nitriles is 1. The molecule has 3 N–H and O–H groups in total. The van der Waals surface area contributed by atoms with Crippen LogP contribution in [0.25, 0.3) is 0 Å². The van der Waals surface area contributed by atoms with Gasteiger partial charge in [0.1, 0.15) is 23.5 Å². The second kappa shape index (κ2) is 6.89. The van der Waals surface area contributed by atoms with Crippen molar-refractivity contribution in [2.45, 2.75) is 13.0 Å². The summed E-state index contributed by atoms with van der Waals surface area (Å²) >= 11 is 0. The number of carbonyl (C=O) groups excluding carboxylic acids is 1. The summed E-state index contributed by atoms with van der Waals surface area (Å²) in [6.45, 7) is 1.37. The number of anilines is 1. The molecule has 0 fully saturated rings. The van der Waals surface area contributed by atoms with Gasteiger partial charge in [-0.15, -0.1) is 0 Å². The fourth-order valence-electron chi connectivity index (χ4n) is 1.16. The number of carboxylic acids is 1. The minimum Gasteiger partial charge on any atom is -0.480 e. The summed E-state index contributed by atoms with van der Waals surface area (Å²) in [7, 11) is 0. The molecule has 6 nitrogen and oxygen atoms in total. The molecule has 1 aromatic rings. The Balaban J connectivity index is 2.73. The van der Waals surface area contributed by atoms with Crippen LogP contribution in [0.3, 0.4) is 0 Å². The monoisotopic (exact) mass is 277 g/mol. The predicted molar refractivity (Wildman–Crippen MR) is 69.0 cm³/mol. The van der Waals surface area contributed by atoms with E-state index >= 15 is 0 Å². The molecule has 1 aromatic carbocycles. The predicted octanol–water partition coefficient (Wildman–Crippen LogP) is 1.23. The van der Waals surface area contributed by atoms with Gasteiger partial charge in [0.2, 0.25) is 0 Å². The number of carbonyl (C=O) groups is 2. The van der Waals surface area contributed by atoms with E-state index in [1.165, 1.54) is 19.1 Å². The molecule has 0 saturated carbocycles. The third-order valence-corrected chi connectivity index (χ3v) is 2.32. The highest BCUT2D eigenvalue weighted by atomic mass is 19.1. The van der Waals surface area contributed by atoms with Gasteiger partial charge in [0, 0.05) is 11.9 Å². The van der Waals surface area contributed by atoms with Gasteiger partial charge >= 0.3 is 5.97 Å². The maximum absolute atomic E-state index is 12.7.